The van der Waals surface area contributed by atoms with Gasteiger partial charge in [0.25, 0.3) is 0 Å². The molecule has 2 N–H and O–H groups in total. The third-order valence-corrected chi connectivity index (χ3v) is 3.48. The van der Waals surface area contributed by atoms with Gasteiger partial charge in [0.1, 0.15) is 0 Å². The van der Waals surface area contributed by atoms with Gasteiger partial charge in [0.2, 0.25) is 5.91 Å². The minimum atomic E-state index is -0.767. The van der Waals surface area contributed by atoms with Crippen LogP contribution in [0.1, 0.15) is 32.1 Å². The van der Waals surface area contributed by atoms with Gasteiger partial charge in [0.05, 0.1) is 5.92 Å². The van der Waals surface area contributed by atoms with Crippen LogP contribution in [0.2, 0.25) is 0 Å². The second-order valence-corrected chi connectivity index (χ2v) is 5.35. The molecule has 0 aromatic heterocycles. The Bertz CT molecular complexity index is 292. The number of carbonyl (C=O) groups excluding carboxylic acids is 1. The highest BCUT2D eigenvalue weighted by Gasteiger charge is 2.33. The molecule has 5 nitrogen and oxygen atoms in total. The minimum Gasteiger partial charge on any atom is -0.481 e. The molecule has 0 saturated heterocycles. The number of nitrogens with zero attached hydrogens (tertiary/aromatic N) is 1. The number of amides is 1. The molecule has 0 radical (unpaired) electrons. The summed E-state index contributed by atoms with van der Waals surface area (Å²) in [5, 5.41) is 11.8. The highest BCUT2D eigenvalue weighted by Crippen LogP contribution is 2.30. The molecule has 1 aliphatic rings. The zero-order chi connectivity index (χ0) is 13.5. The standard InChI is InChI=1S/C13H24N2O3/c1-15(2)8-4-3-7-14-12(16)10-5-6-11(9-10)13(17)18/h10-11H,3-9H2,1-2H3,(H,14,16)(H,17,18). The third-order valence-electron chi connectivity index (χ3n) is 3.48. The fourth-order valence-electron chi connectivity index (χ4n) is 2.35. The van der Waals surface area contributed by atoms with E-state index in [1.807, 2.05) is 14.1 Å². The molecule has 0 aromatic rings. The topological polar surface area (TPSA) is 69.6 Å². The Kier molecular flexibility index (Phi) is 6.12. The van der Waals surface area contributed by atoms with E-state index in [1.165, 1.54) is 0 Å². The molecule has 104 valence electrons. The average Bonchev–Trinajstić information content (AvgIpc) is 2.77. The fraction of sp³-hybridized carbons (Fsp3) is 0.846. The molecular formula is C13H24N2O3. The summed E-state index contributed by atoms with van der Waals surface area (Å²) >= 11 is 0. The zero-order valence-electron chi connectivity index (χ0n) is 11.3. The smallest absolute Gasteiger partial charge is 0.306 e. The summed E-state index contributed by atoms with van der Waals surface area (Å²) in [5.74, 6) is -1.16. The maximum Gasteiger partial charge on any atom is 0.306 e. The monoisotopic (exact) mass is 256 g/mol. The normalized spacial score (nSPS) is 23.3. The molecule has 0 spiro atoms. The van der Waals surface area contributed by atoms with Crippen LogP contribution in [0, 0.1) is 11.8 Å². The van der Waals surface area contributed by atoms with Crippen molar-refractivity contribution < 1.29 is 14.7 Å². The summed E-state index contributed by atoms with van der Waals surface area (Å²) in [7, 11) is 4.06. The van der Waals surface area contributed by atoms with Crippen molar-refractivity contribution in [3.63, 3.8) is 0 Å². The molecule has 2 atom stereocenters. The summed E-state index contributed by atoms with van der Waals surface area (Å²) < 4.78 is 0. The summed E-state index contributed by atoms with van der Waals surface area (Å²) in [6.07, 6.45) is 3.88. The molecule has 18 heavy (non-hydrogen) atoms. The lowest BCUT2D eigenvalue weighted by molar-refractivity contribution is -0.141. The predicted octanol–water partition coefficient (Wildman–Crippen LogP) is 0.945. The second kappa shape index (κ2) is 7.36. The van der Waals surface area contributed by atoms with Crippen LogP contribution in [0.4, 0.5) is 0 Å². The summed E-state index contributed by atoms with van der Waals surface area (Å²) in [4.78, 5) is 24.7. The molecule has 1 fully saturated rings. The van der Waals surface area contributed by atoms with Crippen LogP contribution in [-0.4, -0.2) is 49.1 Å². The van der Waals surface area contributed by atoms with E-state index in [9.17, 15) is 9.59 Å². The molecule has 5 heteroatoms. The van der Waals surface area contributed by atoms with Gasteiger partial charge in [-0.15, -0.1) is 0 Å². The first-order chi connectivity index (χ1) is 8.50. The molecule has 1 aliphatic carbocycles. The van der Waals surface area contributed by atoms with Gasteiger partial charge in [-0.05, 0) is 52.7 Å². The largest absolute Gasteiger partial charge is 0.481 e. The van der Waals surface area contributed by atoms with Crippen LogP contribution in [0.3, 0.4) is 0 Å². The molecule has 0 aliphatic heterocycles. The maximum absolute atomic E-state index is 11.8. The first kappa shape index (κ1) is 15.0. The van der Waals surface area contributed by atoms with E-state index in [-0.39, 0.29) is 17.7 Å². The van der Waals surface area contributed by atoms with Crippen molar-refractivity contribution >= 4 is 11.9 Å². The number of hydrogen-bond acceptors (Lipinski definition) is 3. The number of carbonyl (C=O) groups is 2. The first-order valence-corrected chi connectivity index (χ1v) is 6.66. The molecule has 2 unspecified atom stereocenters. The summed E-state index contributed by atoms with van der Waals surface area (Å²) in [6.45, 7) is 1.72. The van der Waals surface area contributed by atoms with E-state index < -0.39 is 5.97 Å². The second-order valence-electron chi connectivity index (χ2n) is 5.35. The van der Waals surface area contributed by atoms with Gasteiger partial charge in [-0.1, -0.05) is 0 Å². The van der Waals surface area contributed by atoms with Gasteiger partial charge in [-0.2, -0.15) is 0 Å². The molecule has 1 rings (SSSR count). The van der Waals surface area contributed by atoms with E-state index in [4.69, 9.17) is 5.11 Å². The van der Waals surface area contributed by atoms with Gasteiger partial charge < -0.3 is 15.3 Å². The van der Waals surface area contributed by atoms with Crippen LogP contribution in [-0.2, 0) is 9.59 Å². The van der Waals surface area contributed by atoms with E-state index in [0.29, 0.717) is 25.8 Å². The third kappa shape index (κ3) is 5.04. The highest BCUT2D eigenvalue weighted by molar-refractivity contribution is 5.80. The number of rotatable bonds is 7. The lowest BCUT2D eigenvalue weighted by Crippen LogP contribution is -2.31. The Labute approximate surface area is 109 Å². The number of aliphatic carboxylic acids is 1. The van der Waals surface area contributed by atoms with E-state index in [1.54, 1.807) is 0 Å². The van der Waals surface area contributed by atoms with Crippen LogP contribution in [0.25, 0.3) is 0 Å². The molecular weight excluding hydrogens is 232 g/mol. The summed E-state index contributed by atoms with van der Waals surface area (Å²) in [6, 6.07) is 0. The number of nitrogens with one attached hydrogen (secondary N) is 1. The van der Waals surface area contributed by atoms with Gasteiger partial charge in [-0.3, -0.25) is 9.59 Å². The number of hydrogen-bond donors (Lipinski definition) is 2. The highest BCUT2D eigenvalue weighted by atomic mass is 16.4. The van der Waals surface area contributed by atoms with Crippen LogP contribution < -0.4 is 5.32 Å². The Morgan fingerprint density at radius 1 is 1.22 bits per heavy atom. The summed E-state index contributed by atoms with van der Waals surface area (Å²) in [5.41, 5.74) is 0. The lowest BCUT2D eigenvalue weighted by Gasteiger charge is -2.12. The molecule has 1 amide bonds. The van der Waals surface area contributed by atoms with Crippen molar-refractivity contribution in [3.05, 3.63) is 0 Å². The maximum atomic E-state index is 11.8. The molecule has 0 bridgehead atoms. The van der Waals surface area contributed by atoms with Crippen molar-refractivity contribution in [3.8, 4) is 0 Å². The van der Waals surface area contributed by atoms with Gasteiger partial charge in [-0.25, -0.2) is 0 Å². The Hall–Kier alpha value is -1.10. The Balaban J connectivity index is 2.12. The Morgan fingerprint density at radius 3 is 2.44 bits per heavy atom. The molecule has 1 saturated carbocycles. The van der Waals surface area contributed by atoms with Crippen molar-refractivity contribution in [1.29, 1.82) is 0 Å². The minimum absolute atomic E-state index is 0.0311. The van der Waals surface area contributed by atoms with E-state index in [2.05, 4.69) is 10.2 Å². The van der Waals surface area contributed by atoms with Crippen molar-refractivity contribution in [1.82, 2.24) is 10.2 Å². The average molecular weight is 256 g/mol. The van der Waals surface area contributed by atoms with Crippen molar-refractivity contribution in [2.45, 2.75) is 32.1 Å². The number of carboxylic acid groups (broad SMARTS) is 1. The molecule has 0 heterocycles. The molecule has 0 aromatic carbocycles. The van der Waals surface area contributed by atoms with Crippen LogP contribution in [0.5, 0.6) is 0 Å². The fourth-order valence-corrected chi connectivity index (χ4v) is 2.35. The van der Waals surface area contributed by atoms with Gasteiger partial charge in [0.15, 0.2) is 0 Å². The lowest BCUT2D eigenvalue weighted by atomic mass is 10.0. The van der Waals surface area contributed by atoms with Crippen LogP contribution in [0.15, 0.2) is 0 Å². The SMILES string of the molecule is CN(C)CCCCNC(=O)C1CCC(C(=O)O)C1. The van der Waals surface area contributed by atoms with Crippen molar-refractivity contribution in [2.24, 2.45) is 11.8 Å². The van der Waals surface area contributed by atoms with Gasteiger partial charge >= 0.3 is 5.97 Å². The van der Waals surface area contributed by atoms with Crippen molar-refractivity contribution in [2.75, 3.05) is 27.2 Å². The first-order valence-electron chi connectivity index (χ1n) is 6.66. The Morgan fingerprint density at radius 2 is 1.89 bits per heavy atom. The number of carboxylic acids is 1. The predicted molar refractivity (Wildman–Crippen MR) is 69.3 cm³/mol. The zero-order valence-corrected chi connectivity index (χ0v) is 11.3. The van der Waals surface area contributed by atoms with E-state index in [0.717, 1.165) is 19.4 Å². The number of unbranched alkanes of at least 4 members (excludes halogenated alkanes) is 1. The van der Waals surface area contributed by atoms with E-state index >= 15 is 0 Å². The quantitative estimate of drug-likeness (QED) is 0.665. The van der Waals surface area contributed by atoms with Crippen LogP contribution >= 0.6 is 0 Å². The van der Waals surface area contributed by atoms with Gasteiger partial charge in [0, 0.05) is 12.5 Å².